The number of rotatable bonds is 5. The highest BCUT2D eigenvalue weighted by atomic mass is 32.1. The fourth-order valence-electron chi connectivity index (χ4n) is 3.29. The first-order chi connectivity index (χ1) is 13.1. The Kier molecular flexibility index (Phi) is 4.79. The Labute approximate surface area is 160 Å². The van der Waals surface area contributed by atoms with E-state index in [0.29, 0.717) is 12.1 Å². The van der Waals surface area contributed by atoms with E-state index >= 15 is 0 Å². The number of phenolic OH excluding ortho intramolecular Hbond substituents is 1. The van der Waals surface area contributed by atoms with Crippen molar-refractivity contribution in [1.82, 2.24) is 0 Å². The van der Waals surface area contributed by atoms with Crippen LogP contribution in [0.5, 0.6) is 5.75 Å². The fraction of sp³-hybridized carbons (Fsp3) is 0.136. The summed E-state index contributed by atoms with van der Waals surface area (Å²) in [6.45, 7) is 2.71. The Morgan fingerprint density at radius 1 is 1.11 bits per heavy atom. The molecule has 0 saturated carbocycles. The van der Waals surface area contributed by atoms with Crippen LogP contribution in [0, 0.1) is 6.92 Å². The lowest BCUT2D eigenvalue weighted by Crippen LogP contribution is -2.83. The number of quaternary nitrogens is 1. The highest BCUT2D eigenvalue weighted by molar-refractivity contribution is 7.10. The van der Waals surface area contributed by atoms with Gasteiger partial charge in [-0.2, -0.15) is 0 Å². The largest absolute Gasteiger partial charge is 0.508 e. The standard InChI is InChI=1S/C22H19NO3S/c1-14-4-6-15(7-5-14)22(20-3-2-10-27-20)23-13-16-11-21(25)26-19-12-17(24)8-9-18(16)19/h2-12,22-24H,13H2,1H3/p+1/t22-/m1/s1. The van der Waals surface area contributed by atoms with Crippen LogP contribution in [0.2, 0.25) is 0 Å². The maximum Gasteiger partial charge on any atom is 0.336 e. The summed E-state index contributed by atoms with van der Waals surface area (Å²) < 4.78 is 5.23. The van der Waals surface area contributed by atoms with Crippen molar-refractivity contribution in [2.75, 3.05) is 0 Å². The zero-order valence-electron chi connectivity index (χ0n) is 14.9. The normalized spacial score (nSPS) is 12.3. The molecule has 2 aromatic heterocycles. The van der Waals surface area contributed by atoms with Gasteiger partial charge in [-0.15, -0.1) is 11.3 Å². The van der Waals surface area contributed by atoms with E-state index in [4.69, 9.17) is 4.42 Å². The van der Waals surface area contributed by atoms with Gasteiger partial charge in [-0.3, -0.25) is 0 Å². The first-order valence-corrected chi connectivity index (χ1v) is 9.67. The second kappa shape index (κ2) is 7.39. The fourth-order valence-corrected chi connectivity index (χ4v) is 4.14. The molecule has 0 fully saturated rings. The molecule has 0 radical (unpaired) electrons. The molecule has 4 nitrogen and oxygen atoms in total. The lowest BCUT2D eigenvalue weighted by molar-refractivity contribution is -0.701. The van der Waals surface area contributed by atoms with Gasteiger partial charge in [-0.25, -0.2) is 4.79 Å². The third-order valence-corrected chi connectivity index (χ3v) is 5.63. The molecular formula is C22H20NO3S+. The summed E-state index contributed by atoms with van der Waals surface area (Å²) in [5.74, 6) is 0.0860. The average molecular weight is 378 g/mol. The van der Waals surface area contributed by atoms with Crippen LogP contribution >= 0.6 is 11.3 Å². The van der Waals surface area contributed by atoms with Gasteiger partial charge >= 0.3 is 5.63 Å². The van der Waals surface area contributed by atoms with E-state index < -0.39 is 5.63 Å². The molecule has 0 spiro atoms. The zero-order chi connectivity index (χ0) is 18.8. The average Bonchev–Trinajstić information content (AvgIpc) is 3.17. The number of benzene rings is 2. The van der Waals surface area contributed by atoms with E-state index in [-0.39, 0.29) is 11.8 Å². The molecule has 0 aliphatic rings. The first kappa shape index (κ1) is 17.5. The zero-order valence-corrected chi connectivity index (χ0v) is 15.7. The molecule has 5 heteroatoms. The van der Waals surface area contributed by atoms with E-state index in [1.54, 1.807) is 23.5 Å². The van der Waals surface area contributed by atoms with Crippen molar-refractivity contribution in [3.63, 3.8) is 0 Å². The molecule has 0 amide bonds. The molecule has 136 valence electrons. The van der Waals surface area contributed by atoms with E-state index in [2.05, 4.69) is 54.0 Å². The Bertz CT molecular complexity index is 1110. The second-order valence-electron chi connectivity index (χ2n) is 6.61. The quantitative estimate of drug-likeness (QED) is 0.520. The van der Waals surface area contributed by atoms with Crippen LogP contribution in [0.25, 0.3) is 11.0 Å². The number of hydrogen-bond acceptors (Lipinski definition) is 4. The van der Waals surface area contributed by atoms with Crippen molar-refractivity contribution in [3.05, 3.63) is 98.0 Å². The monoisotopic (exact) mass is 378 g/mol. The summed E-state index contributed by atoms with van der Waals surface area (Å²) in [5.41, 5.74) is 3.37. The topological polar surface area (TPSA) is 67.0 Å². The number of aromatic hydroxyl groups is 1. The maximum absolute atomic E-state index is 11.9. The Balaban J connectivity index is 1.68. The van der Waals surface area contributed by atoms with Gasteiger partial charge in [0.2, 0.25) is 0 Å². The minimum atomic E-state index is -0.403. The molecule has 0 saturated heterocycles. The summed E-state index contributed by atoms with van der Waals surface area (Å²) >= 11 is 1.73. The Hall–Kier alpha value is -2.89. The molecule has 2 heterocycles. The van der Waals surface area contributed by atoms with E-state index in [9.17, 15) is 9.90 Å². The predicted octanol–water partition coefficient (Wildman–Crippen LogP) is 3.72. The summed E-state index contributed by atoms with van der Waals surface area (Å²) in [6.07, 6.45) is 0. The summed E-state index contributed by atoms with van der Waals surface area (Å²) in [5, 5.41) is 14.8. The molecule has 0 aliphatic heterocycles. The maximum atomic E-state index is 11.9. The molecule has 0 bridgehead atoms. The van der Waals surface area contributed by atoms with Crippen molar-refractivity contribution in [2.45, 2.75) is 19.5 Å². The second-order valence-corrected chi connectivity index (χ2v) is 7.59. The lowest BCUT2D eigenvalue weighted by Gasteiger charge is -2.16. The Morgan fingerprint density at radius 2 is 1.93 bits per heavy atom. The third-order valence-electron chi connectivity index (χ3n) is 4.67. The van der Waals surface area contributed by atoms with Crippen LogP contribution in [-0.2, 0) is 6.54 Å². The van der Waals surface area contributed by atoms with Gasteiger partial charge in [0.05, 0.1) is 4.88 Å². The molecule has 1 atom stereocenters. The van der Waals surface area contributed by atoms with Crippen molar-refractivity contribution in [2.24, 2.45) is 0 Å². The molecule has 4 aromatic rings. The van der Waals surface area contributed by atoms with E-state index in [1.807, 2.05) is 0 Å². The van der Waals surface area contributed by atoms with Crippen LogP contribution in [-0.4, -0.2) is 5.11 Å². The van der Waals surface area contributed by atoms with Crippen LogP contribution < -0.4 is 10.9 Å². The SMILES string of the molecule is Cc1ccc([C@@H]([NH2+]Cc2cc(=O)oc3cc(O)ccc23)c2cccs2)cc1. The van der Waals surface area contributed by atoms with E-state index in [1.165, 1.54) is 28.1 Å². The van der Waals surface area contributed by atoms with Gasteiger partial charge in [0, 0.05) is 28.6 Å². The highest BCUT2D eigenvalue weighted by Gasteiger charge is 2.19. The minimum Gasteiger partial charge on any atom is -0.508 e. The first-order valence-electron chi connectivity index (χ1n) is 8.79. The highest BCUT2D eigenvalue weighted by Crippen LogP contribution is 2.24. The number of hydrogen-bond donors (Lipinski definition) is 2. The molecule has 0 aliphatic carbocycles. The third kappa shape index (κ3) is 3.79. The number of nitrogens with two attached hydrogens (primary N) is 1. The molecular weight excluding hydrogens is 358 g/mol. The van der Waals surface area contributed by atoms with Gasteiger partial charge in [0.15, 0.2) is 0 Å². The summed E-state index contributed by atoms with van der Waals surface area (Å²) in [6, 6.07) is 19.4. The molecule has 4 rings (SSSR count). The van der Waals surface area contributed by atoms with Crippen LogP contribution in [0.3, 0.4) is 0 Å². The number of thiophene rings is 1. The Morgan fingerprint density at radius 3 is 2.67 bits per heavy atom. The molecule has 2 aromatic carbocycles. The van der Waals surface area contributed by atoms with Gasteiger partial charge < -0.3 is 14.8 Å². The number of aryl methyl sites for hydroxylation is 1. The number of phenols is 1. The van der Waals surface area contributed by atoms with Gasteiger partial charge in [-0.1, -0.05) is 35.9 Å². The summed E-state index contributed by atoms with van der Waals surface area (Å²) in [7, 11) is 0. The van der Waals surface area contributed by atoms with Crippen molar-refractivity contribution >= 4 is 22.3 Å². The smallest absolute Gasteiger partial charge is 0.336 e. The van der Waals surface area contributed by atoms with Gasteiger partial charge in [0.1, 0.15) is 23.9 Å². The molecule has 3 N–H and O–H groups in total. The van der Waals surface area contributed by atoms with Crippen LogP contribution in [0.4, 0.5) is 0 Å². The summed E-state index contributed by atoms with van der Waals surface area (Å²) in [4.78, 5) is 13.2. The molecule has 27 heavy (non-hydrogen) atoms. The van der Waals surface area contributed by atoms with Crippen molar-refractivity contribution in [1.29, 1.82) is 0 Å². The van der Waals surface area contributed by atoms with E-state index in [0.717, 1.165) is 10.9 Å². The lowest BCUT2D eigenvalue weighted by atomic mass is 10.0. The van der Waals surface area contributed by atoms with Crippen LogP contribution in [0.1, 0.15) is 27.6 Å². The molecule has 0 unspecified atom stereocenters. The van der Waals surface area contributed by atoms with Crippen molar-refractivity contribution in [3.8, 4) is 5.75 Å². The minimum absolute atomic E-state index is 0.0860. The van der Waals surface area contributed by atoms with Crippen molar-refractivity contribution < 1.29 is 14.8 Å². The predicted molar refractivity (Wildman–Crippen MR) is 107 cm³/mol. The number of fused-ring (bicyclic) bond motifs is 1. The van der Waals surface area contributed by atoms with Gasteiger partial charge in [-0.05, 0) is 30.5 Å². The van der Waals surface area contributed by atoms with Gasteiger partial charge in [0.25, 0.3) is 0 Å². The van der Waals surface area contributed by atoms with Crippen LogP contribution in [0.15, 0.2) is 75.3 Å².